The van der Waals surface area contributed by atoms with E-state index in [9.17, 15) is 4.79 Å². The molecular weight excluding hydrogens is 256 g/mol. The average molecular weight is 278 g/mol. The summed E-state index contributed by atoms with van der Waals surface area (Å²) in [5.74, 6) is 0.250. The molecule has 0 aliphatic carbocycles. The maximum absolute atomic E-state index is 12.6. The van der Waals surface area contributed by atoms with Gasteiger partial charge in [-0.25, -0.2) is 0 Å². The first kappa shape index (κ1) is 13.1. The van der Waals surface area contributed by atoms with E-state index in [1.807, 2.05) is 17.5 Å². The summed E-state index contributed by atoms with van der Waals surface area (Å²) >= 11 is 1.56. The monoisotopic (exact) mass is 278 g/mol. The Morgan fingerprint density at radius 1 is 1.32 bits per heavy atom. The SMILES string of the molecule is CCN1CCC[C@@H]1[C@@H]1CCCN1C(=O)c1cccs1. The van der Waals surface area contributed by atoms with Gasteiger partial charge in [0.25, 0.3) is 5.91 Å². The van der Waals surface area contributed by atoms with Crippen LogP contribution in [0.5, 0.6) is 0 Å². The quantitative estimate of drug-likeness (QED) is 0.849. The molecular formula is C15H22N2OS. The molecule has 3 nitrogen and oxygen atoms in total. The lowest BCUT2D eigenvalue weighted by Crippen LogP contribution is -2.48. The molecule has 2 fully saturated rings. The van der Waals surface area contributed by atoms with Crippen molar-refractivity contribution in [2.24, 2.45) is 0 Å². The van der Waals surface area contributed by atoms with Gasteiger partial charge in [0, 0.05) is 18.6 Å². The van der Waals surface area contributed by atoms with E-state index >= 15 is 0 Å². The first-order chi connectivity index (χ1) is 9.31. The number of hydrogen-bond acceptors (Lipinski definition) is 3. The molecule has 1 aromatic rings. The van der Waals surface area contributed by atoms with E-state index in [0.717, 1.165) is 24.4 Å². The second-order valence-corrected chi connectivity index (χ2v) is 6.47. The van der Waals surface area contributed by atoms with Crippen LogP contribution in [0.1, 0.15) is 42.3 Å². The highest BCUT2D eigenvalue weighted by molar-refractivity contribution is 7.12. The number of thiophene rings is 1. The van der Waals surface area contributed by atoms with Crippen molar-refractivity contribution in [3.05, 3.63) is 22.4 Å². The Bertz CT molecular complexity index is 431. The van der Waals surface area contributed by atoms with Crippen molar-refractivity contribution < 1.29 is 4.79 Å². The second kappa shape index (κ2) is 5.63. The molecule has 0 bridgehead atoms. The maximum atomic E-state index is 12.6. The summed E-state index contributed by atoms with van der Waals surface area (Å²) in [5.41, 5.74) is 0. The smallest absolute Gasteiger partial charge is 0.264 e. The lowest BCUT2D eigenvalue weighted by Gasteiger charge is -2.34. The topological polar surface area (TPSA) is 23.6 Å². The van der Waals surface area contributed by atoms with Crippen LogP contribution in [0.4, 0.5) is 0 Å². The van der Waals surface area contributed by atoms with Gasteiger partial charge >= 0.3 is 0 Å². The molecule has 2 aliphatic rings. The highest BCUT2D eigenvalue weighted by Gasteiger charge is 2.39. The van der Waals surface area contributed by atoms with Crippen LogP contribution in [0.3, 0.4) is 0 Å². The van der Waals surface area contributed by atoms with Crippen LogP contribution in [0.25, 0.3) is 0 Å². The third-order valence-electron chi connectivity index (χ3n) is 4.56. The Hall–Kier alpha value is -0.870. The Kier molecular flexibility index (Phi) is 3.89. The van der Waals surface area contributed by atoms with Gasteiger partial charge in [-0.05, 0) is 50.2 Å². The molecule has 104 valence electrons. The fourth-order valence-corrected chi connectivity index (χ4v) is 4.35. The highest BCUT2D eigenvalue weighted by Crippen LogP contribution is 2.31. The fourth-order valence-electron chi connectivity index (χ4n) is 3.67. The number of carbonyl (C=O) groups excluding carboxylic acids is 1. The van der Waals surface area contributed by atoms with Crippen LogP contribution < -0.4 is 0 Å². The molecule has 3 rings (SSSR count). The normalized spacial score (nSPS) is 28.2. The number of rotatable bonds is 3. The zero-order chi connectivity index (χ0) is 13.2. The van der Waals surface area contributed by atoms with Crippen molar-refractivity contribution in [3.63, 3.8) is 0 Å². The average Bonchev–Trinajstić information content (AvgIpc) is 3.16. The molecule has 0 unspecified atom stereocenters. The molecule has 3 heterocycles. The molecule has 0 N–H and O–H groups in total. The van der Waals surface area contributed by atoms with E-state index in [2.05, 4.69) is 16.7 Å². The number of hydrogen-bond donors (Lipinski definition) is 0. The summed E-state index contributed by atoms with van der Waals surface area (Å²) in [6, 6.07) is 4.96. The minimum absolute atomic E-state index is 0.250. The molecule has 0 aromatic carbocycles. The number of carbonyl (C=O) groups is 1. The number of amides is 1. The van der Waals surface area contributed by atoms with Gasteiger partial charge in [0.2, 0.25) is 0 Å². The third-order valence-corrected chi connectivity index (χ3v) is 5.41. The van der Waals surface area contributed by atoms with Crippen LogP contribution in [0, 0.1) is 0 Å². The van der Waals surface area contributed by atoms with Crippen molar-refractivity contribution >= 4 is 17.2 Å². The fraction of sp³-hybridized carbons (Fsp3) is 0.667. The predicted molar refractivity (Wildman–Crippen MR) is 78.6 cm³/mol. The molecule has 2 atom stereocenters. The first-order valence-corrected chi connectivity index (χ1v) is 8.27. The van der Waals surface area contributed by atoms with E-state index in [1.165, 1.54) is 25.8 Å². The molecule has 0 spiro atoms. The van der Waals surface area contributed by atoms with E-state index in [-0.39, 0.29) is 5.91 Å². The summed E-state index contributed by atoms with van der Waals surface area (Å²) in [4.78, 5) is 18.2. The molecule has 1 aromatic heterocycles. The lowest BCUT2D eigenvalue weighted by atomic mass is 10.0. The maximum Gasteiger partial charge on any atom is 0.264 e. The van der Waals surface area contributed by atoms with Gasteiger partial charge in [0.05, 0.1) is 4.88 Å². The van der Waals surface area contributed by atoms with E-state index in [4.69, 9.17) is 0 Å². The van der Waals surface area contributed by atoms with Crippen molar-refractivity contribution in [2.45, 2.75) is 44.7 Å². The van der Waals surface area contributed by atoms with Crippen LogP contribution in [0.15, 0.2) is 17.5 Å². The summed E-state index contributed by atoms with van der Waals surface area (Å²) < 4.78 is 0. The van der Waals surface area contributed by atoms with Gasteiger partial charge in [0.1, 0.15) is 0 Å². The Morgan fingerprint density at radius 3 is 2.84 bits per heavy atom. The minimum atomic E-state index is 0.250. The van der Waals surface area contributed by atoms with Crippen molar-refractivity contribution in [1.82, 2.24) is 9.80 Å². The standard InChI is InChI=1S/C15H22N2OS/c1-2-16-9-3-6-12(16)13-7-4-10-17(13)15(18)14-8-5-11-19-14/h5,8,11-13H,2-4,6-7,9-10H2,1H3/t12-,13+/m1/s1. The molecule has 2 saturated heterocycles. The van der Waals surface area contributed by atoms with Gasteiger partial charge in [-0.15, -0.1) is 11.3 Å². The van der Waals surface area contributed by atoms with E-state index < -0.39 is 0 Å². The highest BCUT2D eigenvalue weighted by atomic mass is 32.1. The Balaban J connectivity index is 1.76. The van der Waals surface area contributed by atoms with Gasteiger partial charge in [-0.1, -0.05) is 13.0 Å². The van der Waals surface area contributed by atoms with Gasteiger partial charge in [0.15, 0.2) is 0 Å². The minimum Gasteiger partial charge on any atom is -0.333 e. The predicted octanol–water partition coefficient (Wildman–Crippen LogP) is 2.84. The molecule has 4 heteroatoms. The molecule has 2 aliphatic heterocycles. The Labute approximate surface area is 119 Å². The molecule has 0 saturated carbocycles. The van der Waals surface area contributed by atoms with Crippen molar-refractivity contribution in [3.8, 4) is 0 Å². The summed E-state index contributed by atoms with van der Waals surface area (Å²) in [5, 5.41) is 1.99. The van der Waals surface area contributed by atoms with Gasteiger partial charge in [-0.3, -0.25) is 9.69 Å². The number of likely N-dealkylation sites (tertiary alicyclic amines) is 2. The number of likely N-dealkylation sites (N-methyl/N-ethyl adjacent to an activating group) is 1. The summed E-state index contributed by atoms with van der Waals surface area (Å²) in [7, 11) is 0. The van der Waals surface area contributed by atoms with Crippen LogP contribution in [-0.2, 0) is 0 Å². The van der Waals surface area contributed by atoms with E-state index in [1.54, 1.807) is 11.3 Å². The van der Waals surface area contributed by atoms with Crippen LogP contribution in [-0.4, -0.2) is 47.4 Å². The largest absolute Gasteiger partial charge is 0.333 e. The van der Waals surface area contributed by atoms with Crippen molar-refractivity contribution in [1.29, 1.82) is 0 Å². The molecule has 1 amide bonds. The number of nitrogens with zero attached hydrogens (tertiary/aromatic N) is 2. The van der Waals surface area contributed by atoms with E-state index in [0.29, 0.717) is 12.1 Å². The lowest BCUT2D eigenvalue weighted by molar-refractivity contribution is 0.0655. The first-order valence-electron chi connectivity index (χ1n) is 7.39. The summed E-state index contributed by atoms with van der Waals surface area (Å²) in [6.07, 6.45) is 4.89. The molecule has 19 heavy (non-hydrogen) atoms. The summed E-state index contributed by atoms with van der Waals surface area (Å²) in [6.45, 7) is 5.50. The third kappa shape index (κ3) is 2.43. The molecule has 0 radical (unpaired) electrons. The van der Waals surface area contributed by atoms with Gasteiger partial charge in [-0.2, -0.15) is 0 Å². The zero-order valence-electron chi connectivity index (χ0n) is 11.5. The van der Waals surface area contributed by atoms with Crippen molar-refractivity contribution in [2.75, 3.05) is 19.6 Å². The van der Waals surface area contributed by atoms with Gasteiger partial charge < -0.3 is 4.90 Å². The second-order valence-electron chi connectivity index (χ2n) is 5.52. The zero-order valence-corrected chi connectivity index (χ0v) is 12.4. The Morgan fingerprint density at radius 2 is 2.11 bits per heavy atom. The van der Waals surface area contributed by atoms with Crippen LogP contribution >= 0.6 is 11.3 Å². The van der Waals surface area contributed by atoms with Crippen LogP contribution in [0.2, 0.25) is 0 Å².